The number of carbonyl (C=O) groups is 1. The maximum absolute atomic E-state index is 12.9. The Morgan fingerprint density at radius 2 is 1.73 bits per heavy atom. The molecule has 1 aromatic rings. The molecule has 1 heterocycles. The zero-order chi connectivity index (χ0) is 15.2. The molecule has 22 heavy (non-hydrogen) atoms. The standard InChI is InChI=1S/C18H24N2O2/c19-17(5-6-17)13-14-1-3-15(4-2-14)18(7-8-18)16(21)20-9-11-22-12-10-20/h1-4H,5-13,19H2. The molecule has 0 bridgehead atoms. The van der Waals surface area contributed by atoms with Crippen LogP contribution in [0.1, 0.15) is 36.8 Å². The van der Waals surface area contributed by atoms with E-state index in [4.69, 9.17) is 10.5 Å². The number of benzene rings is 1. The van der Waals surface area contributed by atoms with Gasteiger partial charge < -0.3 is 15.4 Å². The number of nitrogens with two attached hydrogens (primary N) is 1. The van der Waals surface area contributed by atoms with Crippen molar-refractivity contribution in [3.05, 3.63) is 35.4 Å². The van der Waals surface area contributed by atoms with Crippen LogP contribution in [0.25, 0.3) is 0 Å². The van der Waals surface area contributed by atoms with Crippen LogP contribution < -0.4 is 5.73 Å². The summed E-state index contributed by atoms with van der Waals surface area (Å²) in [6, 6.07) is 8.61. The third-order valence-corrected chi connectivity index (χ3v) is 5.41. The van der Waals surface area contributed by atoms with Crippen LogP contribution >= 0.6 is 0 Å². The number of carbonyl (C=O) groups excluding carboxylic acids is 1. The Morgan fingerprint density at radius 3 is 2.27 bits per heavy atom. The average molecular weight is 300 g/mol. The molecular weight excluding hydrogens is 276 g/mol. The molecule has 0 radical (unpaired) electrons. The van der Waals surface area contributed by atoms with E-state index in [0.29, 0.717) is 19.1 Å². The molecule has 4 heteroatoms. The highest BCUT2D eigenvalue weighted by Gasteiger charge is 2.53. The minimum Gasteiger partial charge on any atom is -0.378 e. The van der Waals surface area contributed by atoms with Gasteiger partial charge >= 0.3 is 0 Å². The lowest BCUT2D eigenvalue weighted by Crippen LogP contribution is -2.45. The van der Waals surface area contributed by atoms with E-state index in [0.717, 1.165) is 45.2 Å². The molecule has 2 N–H and O–H groups in total. The first-order chi connectivity index (χ1) is 10.6. The summed E-state index contributed by atoms with van der Waals surface area (Å²) in [5.41, 5.74) is 8.44. The van der Waals surface area contributed by atoms with E-state index in [-0.39, 0.29) is 11.0 Å². The molecule has 0 atom stereocenters. The SMILES string of the molecule is NC1(Cc2ccc(C3(C(=O)N4CCOCC4)CC3)cc2)CC1. The molecule has 4 rings (SSSR count). The molecule has 1 aromatic carbocycles. The van der Waals surface area contributed by atoms with Crippen LogP contribution in [0.2, 0.25) is 0 Å². The lowest BCUT2D eigenvalue weighted by Gasteiger charge is -2.30. The molecule has 1 aliphatic heterocycles. The monoisotopic (exact) mass is 300 g/mol. The summed E-state index contributed by atoms with van der Waals surface area (Å²) < 4.78 is 5.35. The number of rotatable bonds is 4. The lowest BCUT2D eigenvalue weighted by molar-refractivity contribution is -0.138. The molecule has 1 amide bonds. The van der Waals surface area contributed by atoms with E-state index in [1.165, 1.54) is 11.1 Å². The number of ether oxygens (including phenoxy) is 1. The number of morpholine rings is 1. The second-order valence-corrected chi connectivity index (χ2v) is 7.22. The van der Waals surface area contributed by atoms with Crippen molar-refractivity contribution in [3.8, 4) is 0 Å². The topological polar surface area (TPSA) is 55.6 Å². The van der Waals surface area contributed by atoms with Gasteiger partial charge in [-0.2, -0.15) is 0 Å². The van der Waals surface area contributed by atoms with Crippen molar-refractivity contribution < 1.29 is 9.53 Å². The van der Waals surface area contributed by atoms with Crippen molar-refractivity contribution in [3.63, 3.8) is 0 Å². The van der Waals surface area contributed by atoms with E-state index in [9.17, 15) is 4.79 Å². The Morgan fingerprint density at radius 1 is 1.09 bits per heavy atom. The highest BCUT2D eigenvalue weighted by molar-refractivity contribution is 5.91. The molecule has 4 nitrogen and oxygen atoms in total. The Labute approximate surface area is 131 Å². The van der Waals surface area contributed by atoms with Gasteiger partial charge in [0.05, 0.1) is 18.6 Å². The van der Waals surface area contributed by atoms with Gasteiger partial charge in [-0.25, -0.2) is 0 Å². The van der Waals surface area contributed by atoms with Crippen molar-refractivity contribution in [1.29, 1.82) is 0 Å². The fourth-order valence-corrected chi connectivity index (χ4v) is 3.51. The van der Waals surface area contributed by atoms with Crippen molar-refractivity contribution in [2.45, 2.75) is 43.1 Å². The van der Waals surface area contributed by atoms with Crippen LogP contribution in [-0.2, 0) is 21.4 Å². The fraction of sp³-hybridized carbons (Fsp3) is 0.611. The summed E-state index contributed by atoms with van der Waals surface area (Å²) in [7, 11) is 0. The van der Waals surface area contributed by atoms with E-state index in [1.807, 2.05) is 4.90 Å². The molecule has 0 spiro atoms. The maximum atomic E-state index is 12.9. The molecule has 3 aliphatic rings. The predicted octanol–water partition coefficient (Wildman–Crippen LogP) is 1.61. The summed E-state index contributed by atoms with van der Waals surface area (Å²) in [5.74, 6) is 0.293. The number of hydrogen-bond acceptors (Lipinski definition) is 3. The lowest BCUT2D eigenvalue weighted by atomic mass is 9.92. The van der Waals surface area contributed by atoms with Crippen molar-refractivity contribution in [2.75, 3.05) is 26.3 Å². The molecular formula is C18H24N2O2. The predicted molar refractivity (Wildman–Crippen MR) is 84.6 cm³/mol. The molecule has 118 valence electrons. The molecule has 2 saturated carbocycles. The minimum absolute atomic E-state index is 0.0441. The summed E-state index contributed by atoms with van der Waals surface area (Å²) in [6.07, 6.45) is 5.17. The van der Waals surface area contributed by atoms with E-state index in [1.54, 1.807) is 0 Å². The van der Waals surface area contributed by atoms with E-state index in [2.05, 4.69) is 24.3 Å². The van der Waals surface area contributed by atoms with Crippen LogP contribution in [0, 0.1) is 0 Å². The Bertz CT molecular complexity index is 567. The van der Waals surface area contributed by atoms with Crippen LogP contribution in [0.4, 0.5) is 0 Å². The summed E-state index contributed by atoms with van der Waals surface area (Å²) in [6.45, 7) is 2.79. The number of hydrogen-bond donors (Lipinski definition) is 1. The first-order valence-corrected chi connectivity index (χ1v) is 8.37. The molecule has 1 saturated heterocycles. The number of amides is 1. The fourth-order valence-electron chi connectivity index (χ4n) is 3.51. The third kappa shape index (κ3) is 2.55. The first-order valence-electron chi connectivity index (χ1n) is 8.37. The van der Waals surface area contributed by atoms with Gasteiger partial charge in [0.25, 0.3) is 0 Å². The van der Waals surface area contributed by atoms with Gasteiger partial charge in [0.2, 0.25) is 5.91 Å². The van der Waals surface area contributed by atoms with Crippen molar-refractivity contribution in [1.82, 2.24) is 4.90 Å². The van der Waals surface area contributed by atoms with Crippen LogP contribution in [0.3, 0.4) is 0 Å². The Kier molecular flexibility index (Phi) is 3.27. The van der Waals surface area contributed by atoms with Gasteiger partial charge in [-0.05, 0) is 43.2 Å². The van der Waals surface area contributed by atoms with Crippen LogP contribution in [0.5, 0.6) is 0 Å². The third-order valence-electron chi connectivity index (χ3n) is 5.41. The van der Waals surface area contributed by atoms with Gasteiger partial charge in [0, 0.05) is 18.6 Å². The summed E-state index contributed by atoms with van der Waals surface area (Å²) >= 11 is 0. The largest absolute Gasteiger partial charge is 0.378 e. The minimum atomic E-state index is -0.254. The smallest absolute Gasteiger partial charge is 0.233 e. The van der Waals surface area contributed by atoms with Crippen LogP contribution in [0.15, 0.2) is 24.3 Å². The van der Waals surface area contributed by atoms with Crippen molar-refractivity contribution in [2.24, 2.45) is 5.73 Å². The molecule has 0 aromatic heterocycles. The van der Waals surface area contributed by atoms with E-state index < -0.39 is 0 Å². The quantitative estimate of drug-likeness (QED) is 0.919. The average Bonchev–Trinajstić information content (AvgIpc) is 3.46. The van der Waals surface area contributed by atoms with Gasteiger partial charge in [-0.15, -0.1) is 0 Å². The van der Waals surface area contributed by atoms with Gasteiger partial charge in [-0.3, -0.25) is 4.79 Å². The maximum Gasteiger partial charge on any atom is 0.233 e. The van der Waals surface area contributed by atoms with Gasteiger partial charge in [0.1, 0.15) is 0 Å². The highest BCUT2D eigenvalue weighted by Crippen LogP contribution is 2.50. The zero-order valence-electron chi connectivity index (χ0n) is 13.0. The van der Waals surface area contributed by atoms with Crippen LogP contribution in [-0.4, -0.2) is 42.6 Å². The Balaban J connectivity index is 1.49. The van der Waals surface area contributed by atoms with Gasteiger partial charge in [0.15, 0.2) is 0 Å². The van der Waals surface area contributed by atoms with Gasteiger partial charge in [-0.1, -0.05) is 24.3 Å². The first kappa shape index (κ1) is 14.2. The van der Waals surface area contributed by atoms with E-state index >= 15 is 0 Å². The second-order valence-electron chi connectivity index (χ2n) is 7.22. The zero-order valence-corrected chi connectivity index (χ0v) is 13.0. The summed E-state index contributed by atoms with van der Waals surface area (Å²) in [5, 5.41) is 0. The molecule has 0 unspecified atom stereocenters. The summed E-state index contributed by atoms with van der Waals surface area (Å²) in [4.78, 5) is 14.8. The second kappa shape index (κ2) is 5.07. The Hall–Kier alpha value is -1.39. The molecule has 2 aliphatic carbocycles. The molecule has 3 fully saturated rings. The number of nitrogens with zero attached hydrogens (tertiary/aromatic N) is 1. The van der Waals surface area contributed by atoms with Crippen molar-refractivity contribution >= 4 is 5.91 Å². The normalized spacial score (nSPS) is 24.9. The highest BCUT2D eigenvalue weighted by atomic mass is 16.5.